The molecule has 0 bridgehead atoms. The van der Waals surface area contributed by atoms with Gasteiger partial charge in [0, 0.05) is 19.4 Å². The van der Waals surface area contributed by atoms with E-state index < -0.39 is 5.60 Å². The van der Waals surface area contributed by atoms with Crippen molar-refractivity contribution in [3.8, 4) is 0 Å². The molecule has 0 fully saturated rings. The first-order valence-electron chi connectivity index (χ1n) is 6.89. The maximum absolute atomic E-state index is 11.7. The number of nitrogens with one attached hydrogen (secondary N) is 1. The minimum atomic E-state index is -0.855. The predicted octanol–water partition coefficient (Wildman–Crippen LogP) is 2.43. The molecule has 0 saturated heterocycles. The molecule has 2 N–H and O–H groups in total. The Bertz CT molecular complexity index is 409. The fraction of sp³-hybridized carbons (Fsp3) is 0.667. The van der Waals surface area contributed by atoms with Crippen LogP contribution in [0.2, 0.25) is 0 Å². The summed E-state index contributed by atoms with van der Waals surface area (Å²) in [5, 5.41) is 13.0. The number of hydrogen-bond donors (Lipinski definition) is 2. The molecule has 0 aliphatic carbocycles. The maximum atomic E-state index is 11.7. The summed E-state index contributed by atoms with van der Waals surface area (Å²) in [7, 11) is 0. The molecular weight excluding hydrogens is 242 g/mol. The zero-order valence-electron chi connectivity index (χ0n) is 12.3. The van der Waals surface area contributed by atoms with E-state index in [2.05, 4.69) is 5.32 Å². The number of carbonyl (C=O) groups is 1. The second-order valence-electron chi connectivity index (χ2n) is 5.46. The van der Waals surface area contributed by atoms with Gasteiger partial charge in [-0.3, -0.25) is 4.79 Å². The Balaban J connectivity index is 2.32. The third-order valence-corrected chi connectivity index (χ3v) is 3.71. The lowest BCUT2D eigenvalue weighted by Crippen LogP contribution is -2.45. The largest absolute Gasteiger partial charge is 0.466 e. The molecule has 0 saturated carbocycles. The van der Waals surface area contributed by atoms with Crippen molar-refractivity contribution in [1.82, 2.24) is 5.32 Å². The van der Waals surface area contributed by atoms with Crippen molar-refractivity contribution >= 4 is 5.91 Å². The quantitative estimate of drug-likeness (QED) is 0.797. The number of amides is 1. The first-order chi connectivity index (χ1) is 8.85. The van der Waals surface area contributed by atoms with Crippen LogP contribution in [-0.4, -0.2) is 23.2 Å². The highest BCUT2D eigenvalue weighted by molar-refractivity contribution is 5.76. The zero-order valence-corrected chi connectivity index (χ0v) is 12.3. The predicted molar refractivity (Wildman–Crippen MR) is 74.9 cm³/mol. The minimum Gasteiger partial charge on any atom is -0.466 e. The van der Waals surface area contributed by atoms with Gasteiger partial charge in [-0.25, -0.2) is 0 Å². The van der Waals surface area contributed by atoms with Crippen molar-refractivity contribution in [3.63, 3.8) is 0 Å². The summed E-state index contributed by atoms with van der Waals surface area (Å²) in [6, 6.07) is 3.78. The average Bonchev–Trinajstić information content (AvgIpc) is 2.78. The SMILES string of the molecule is CCC(C)C(C)(O)CNC(=O)CCc1ccc(C)o1. The molecule has 2 unspecified atom stereocenters. The van der Waals surface area contributed by atoms with E-state index in [0.717, 1.165) is 17.9 Å². The Morgan fingerprint density at radius 2 is 2.21 bits per heavy atom. The highest BCUT2D eigenvalue weighted by atomic mass is 16.3. The van der Waals surface area contributed by atoms with Crippen LogP contribution in [0, 0.1) is 12.8 Å². The third kappa shape index (κ3) is 5.07. The summed E-state index contributed by atoms with van der Waals surface area (Å²) in [6.07, 6.45) is 1.85. The summed E-state index contributed by atoms with van der Waals surface area (Å²) in [4.78, 5) is 11.7. The van der Waals surface area contributed by atoms with Gasteiger partial charge in [0.15, 0.2) is 0 Å². The van der Waals surface area contributed by atoms with Crippen LogP contribution >= 0.6 is 0 Å². The van der Waals surface area contributed by atoms with Crippen LogP contribution in [0.4, 0.5) is 0 Å². The van der Waals surface area contributed by atoms with Gasteiger partial charge < -0.3 is 14.8 Å². The van der Waals surface area contributed by atoms with Crippen LogP contribution < -0.4 is 5.32 Å². The van der Waals surface area contributed by atoms with E-state index in [1.807, 2.05) is 32.9 Å². The smallest absolute Gasteiger partial charge is 0.220 e. The third-order valence-electron chi connectivity index (χ3n) is 3.71. The van der Waals surface area contributed by atoms with Gasteiger partial charge in [0.2, 0.25) is 5.91 Å². The van der Waals surface area contributed by atoms with E-state index in [4.69, 9.17) is 4.42 Å². The van der Waals surface area contributed by atoms with Crippen LogP contribution in [0.5, 0.6) is 0 Å². The van der Waals surface area contributed by atoms with Crippen molar-refractivity contribution in [2.45, 2.75) is 52.6 Å². The molecule has 0 radical (unpaired) electrons. The highest BCUT2D eigenvalue weighted by Gasteiger charge is 2.27. The van der Waals surface area contributed by atoms with Crippen molar-refractivity contribution in [2.24, 2.45) is 5.92 Å². The molecule has 4 heteroatoms. The molecule has 2 atom stereocenters. The molecule has 4 nitrogen and oxygen atoms in total. The van der Waals surface area contributed by atoms with Gasteiger partial charge in [-0.1, -0.05) is 20.3 Å². The zero-order chi connectivity index (χ0) is 14.5. The summed E-state index contributed by atoms with van der Waals surface area (Å²) in [6.45, 7) is 7.94. The topological polar surface area (TPSA) is 62.5 Å². The number of aliphatic hydroxyl groups is 1. The molecule has 1 aromatic heterocycles. The van der Waals surface area contributed by atoms with Gasteiger partial charge >= 0.3 is 0 Å². The Kier molecular flexibility index (Phi) is 5.60. The first kappa shape index (κ1) is 15.8. The normalized spacial score (nSPS) is 15.8. The van der Waals surface area contributed by atoms with Gasteiger partial charge in [-0.05, 0) is 31.9 Å². The van der Waals surface area contributed by atoms with Crippen molar-refractivity contribution in [2.75, 3.05) is 6.54 Å². The van der Waals surface area contributed by atoms with Gasteiger partial charge in [0.25, 0.3) is 0 Å². The summed E-state index contributed by atoms with van der Waals surface area (Å²) >= 11 is 0. The molecule has 1 aromatic rings. The molecule has 1 heterocycles. The summed E-state index contributed by atoms with van der Waals surface area (Å²) in [5.74, 6) is 1.77. The van der Waals surface area contributed by atoms with Gasteiger partial charge in [0.05, 0.1) is 5.60 Å². The summed E-state index contributed by atoms with van der Waals surface area (Å²) in [5.41, 5.74) is -0.855. The molecule has 19 heavy (non-hydrogen) atoms. The standard InChI is InChI=1S/C15H25NO3/c1-5-11(2)15(4,18)10-16-14(17)9-8-13-7-6-12(3)19-13/h6-7,11,18H,5,8-10H2,1-4H3,(H,16,17). The fourth-order valence-electron chi connectivity index (χ4n) is 1.84. The van der Waals surface area contributed by atoms with Crippen molar-refractivity contribution in [1.29, 1.82) is 0 Å². The van der Waals surface area contributed by atoms with Crippen LogP contribution in [-0.2, 0) is 11.2 Å². The van der Waals surface area contributed by atoms with Gasteiger partial charge in [-0.15, -0.1) is 0 Å². The second-order valence-corrected chi connectivity index (χ2v) is 5.46. The lowest BCUT2D eigenvalue weighted by molar-refractivity contribution is -0.122. The van der Waals surface area contributed by atoms with Crippen molar-refractivity contribution < 1.29 is 14.3 Å². The molecule has 0 aromatic carbocycles. The molecule has 1 rings (SSSR count). The Morgan fingerprint density at radius 3 is 2.74 bits per heavy atom. The van der Waals surface area contributed by atoms with Crippen molar-refractivity contribution in [3.05, 3.63) is 23.7 Å². The van der Waals surface area contributed by atoms with E-state index in [1.165, 1.54) is 0 Å². The van der Waals surface area contributed by atoms with E-state index >= 15 is 0 Å². The Labute approximate surface area is 115 Å². The molecule has 108 valence electrons. The van der Waals surface area contributed by atoms with Gasteiger partial charge in [-0.2, -0.15) is 0 Å². The highest BCUT2D eigenvalue weighted by Crippen LogP contribution is 2.18. The minimum absolute atomic E-state index is 0.0577. The Hall–Kier alpha value is -1.29. The van der Waals surface area contributed by atoms with E-state index in [0.29, 0.717) is 12.8 Å². The number of carbonyl (C=O) groups excluding carboxylic acids is 1. The fourth-order valence-corrected chi connectivity index (χ4v) is 1.84. The van der Waals surface area contributed by atoms with Gasteiger partial charge in [0.1, 0.15) is 11.5 Å². The number of hydrogen-bond acceptors (Lipinski definition) is 3. The molecule has 0 aliphatic rings. The van der Waals surface area contributed by atoms with Crippen LogP contribution in [0.1, 0.15) is 45.1 Å². The number of furan rings is 1. The molecule has 1 amide bonds. The van der Waals surface area contributed by atoms with E-state index in [1.54, 1.807) is 6.92 Å². The monoisotopic (exact) mass is 267 g/mol. The first-order valence-corrected chi connectivity index (χ1v) is 6.89. The number of rotatable bonds is 7. The molecule has 0 aliphatic heterocycles. The van der Waals surface area contributed by atoms with Crippen LogP contribution in [0.25, 0.3) is 0 Å². The van der Waals surface area contributed by atoms with E-state index in [9.17, 15) is 9.90 Å². The lowest BCUT2D eigenvalue weighted by Gasteiger charge is -2.29. The molecule has 0 spiro atoms. The number of aryl methyl sites for hydroxylation is 2. The van der Waals surface area contributed by atoms with Crippen LogP contribution in [0.15, 0.2) is 16.5 Å². The Morgan fingerprint density at radius 1 is 1.53 bits per heavy atom. The average molecular weight is 267 g/mol. The lowest BCUT2D eigenvalue weighted by atomic mass is 9.88. The second kappa shape index (κ2) is 6.75. The summed E-state index contributed by atoms with van der Waals surface area (Å²) < 4.78 is 5.41. The van der Waals surface area contributed by atoms with Crippen LogP contribution in [0.3, 0.4) is 0 Å². The maximum Gasteiger partial charge on any atom is 0.220 e. The molecular formula is C15H25NO3. The van der Waals surface area contributed by atoms with E-state index in [-0.39, 0.29) is 18.4 Å².